The van der Waals surface area contributed by atoms with E-state index in [9.17, 15) is 4.79 Å². The summed E-state index contributed by atoms with van der Waals surface area (Å²) in [6, 6.07) is 15.9. The first kappa shape index (κ1) is 16.0. The highest BCUT2D eigenvalue weighted by Gasteiger charge is 2.18. The van der Waals surface area contributed by atoms with Crippen LogP contribution in [0, 0.1) is 6.92 Å². The molecule has 0 aliphatic rings. The molecular weight excluding hydrogens is 298 g/mol. The van der Waals surface area contributed by atoms with Crippen molar-refractivity contribution in [1.82, 2.24) is 14.5 Å². The van der Waals surface area contributed by atoms with Crippen molar-refractivity contribution >= 4 is 5.91 Å². The summed E-state index contributed by atoms with van der Waals surface area (Å²) in [6.07, 6.45) is 5.35. The van der Waals surface area contributed by atoms with Gasteiger partial charge in [-0.05, 0) is 43.7 Å². The fraction of sp³-hybridized carbons (Fsp3) is 0.200. The zero-order valence-corrected chi connectivity index (χ0v) is 14.2. The van der Waals surface area contributed by atoms with E-state index in [1.165, 1.54) is 5.56 Å². The van der Waals surface area contributed by atoms with Crippen LogP contribution in [0.5, 0.6) is 0 Å². The summed E-state index contributed by atoms with van der Waals surface area (Å²) in [7, 11) is 1.84. The molecule has 4 heteroatoms. The highest BCUT2D eigenvalue weighted by Crippen LogP contribution is 2.21. The summed E-state index contributed by atoms with van der Waals surface area (Å²) in [5.74, 6) is 0.0141. The molecule has 1 atom stereocenters. The van der Waals surface area contributed by atoms with Crippen LogP contribution in [-0.2, 0) is 0 Å². The van der Waals surface area contributed by atoms with E-state index in [4.69, 9.17) is 0 Å². The van der Waals surface area contributed by atoms with E-state index < -0.39 is 0 Å². The summed E-state index contributed by atoms with van der Waals surface area (Å²) >= 11 is 0. The Morgan fingerprint density at radius 2 is 1.75 bits per heavy atom. The average molecular weight is 319 g/mol. The van der Waals surface area contributed by atoms with E-state index in [2.05, 4.69) is 36.2 Å². The number of aryl methyl sites for hydroxylation is 1. The molecule has 122 valence electrons. The second-order valence-corrected chi connectivity index (χ2v) is 6.02. The summed E-state index contributed by atoms with van der Waals surface area (Å²) < 4.78 is 1.91. The number of carbonyl (C=O) groups excluding carboxylic acids is 1. The maximum Gasteiger partial charge on any atom is 0.254 e. The number of benzene rings is 2. The van der Waals surface area contributed by atoms with Gasteiger partial charge in [0.15, 0.2) is 0 Å². The van der Waals surface area contributed by atoms with E-state index in [1.807, 2.05) is 49.0 Å². The summed E-state index contributed by atoms with van der Waals surface area (Å²) in [5.41, 5.74) is 4.01. The smallest absolute Gasteiger partial charge is 0.254 e. The topological polar surface area (TPSA) is 38.1 Å². The van der Waals surface area contributed by atoms with Crippen LogP contribution in [0.2, 0.25) is 0 Å². The van der Waals surface area contributed by atoms with Crippen LogP contribution < -0.4 is 0 Å². The van der Waals surface area contributed by atoms with Crippen LogP contribution in [0.15, 0.2) is 67.3 Å². The molecule has 1 aromatic heterocycles. The summed E-state index contributed by atoms with van der Waals surface area (Å²) in [6.45, 7) is 4.10. The Kier molecular flexibility index (Phi) is 4.47. The zero-order chi connectivity index (χ0) is 17.1. The normalized spacial score (nSPS) is 12.0. The quantitative estimate of drug-likeness (QED) is 0.728. The van der Waals surface area contributed by atoms with Crippen molar-refractivity contribution in [1.29, 1.82) is 0 Å². The van der Waals surface area contributed by atoms with Crippen LogP contribution in [0.25, 0.3) is 5.69 Å². The maximum atomic E-state index is 12.7. The molecule has 0 aliphatic carbocycles. The first-order valence-corrected chi connectivity index (χ1v) is 7.98. The van der Waals surface area contributed by atoms with Crippen molar-refractivity contribution in [3.8, 4) is 5.69 Å². The minimum Gasteiger partial charge on any atom is -0.335 e. The number of aromatic nitrogens is 2. The molecule has 0 bridgehead atoms. The maximum absolute atomic E-state index is 12.7. The first-order valence-electron chi connectivity index (χ1n) is 7.98. The molecule has 4 nitrogen and oxygen atoms in total. The number of hydrogen-bond acceptors (Lipinski definition) is 2. The second kappa shape index (κ2) is 6.71. The molecular formula is C20H21N3O. The third-order valence-electron chi connectivity index (χ3n) is 4.38. The van der Waals surface area contributed by atoms with Gasteiger partial charge in [-0.2, -0.15) is 0 Å². The van der Waals surface area contributed by atoms with Gasteiger partial charge in [-0.25, -0.2) is 4.98 Å². The standard InChI is InChI=1S/C20H21N3O/c1-15-4-6-17(7-5-15)16(2)22(3)20(24)18-8-10-19(11-9-18)23-13-12-21-14-23/h4-14,16H,1-3H3. The number of hydrogen-bond donors (Lipinski definition) is 0. The molecule has 0 saturated carbocycles. The van der Waals surface area contributed by atoms with Gasteiger partial charge in [0.1, 0.15) is 0 Å². The highest BCUT2D eigenvalue weighted by molar-refractivity contribution is 5.94. The molecule has 1 heterocycles. The Labute approximate surface area is 142 Å². The first-order chi connectivity index (χ1) is 11.6. The number of imidazole rings is 1. The average Bonchev–Trinajstić information content (AvgIpc) is 3.15. The SMILES string of the molecule is Cc1ccc(C(C)N(C)C(=O)c2ccc(-n3ccnc3)cc2)cc1. The Bertz CT molecular complexity index is 805. The number of rotatable bonds is 4. The third-order valence-corrected chi connectivity index (χ3v) is 4.38. The zero-order valence-electron chi connectivity index (χ0n) is 14.2. The summed E-state index contributed by atoms with van der Waals surface area (Å²) in [5, 5.41) is 0. The van der Waals surface area contributed by atoms with Crippen molar-refractivity contribution in [3.63, 3.8) is 0 Å². The predicted molar refractivity (Wildman–Crippen MR) is 95.3 cm³/mol. The minimum atomic E-state index is 0.0141. The monoisotopic (exact) mass is 319 g/mol. The lowest BCUT2D eigenvalue weighted by Crippen LogP contribution is -2.29. The van der Waals surface area contributed by atoms with Crippen LogP contribution in [0.1, 0.15) is 34.5 Å². The van der Waals surface area contributed by atoms with Gasteiger partial charge in [0.05, 0.1) is 12.4 Å². The van der Waals surface area contributed by atoms with Crippen LogP contribution in [0.3, 0.4) is 0 Å². The molecule has 24 heavy (non-hydrogen) atoms. The molecule has 0 radical (unpaired) electrons. The molecule has 0 aliphatic heterocycles. The van der Waals surface area contributed by atoms with E-state index in [0.29, 0.717) is 5.56 Å². The molecule has 3 rings (SSSR count). The molecule has 2 aromatic carbocycles. The van der Waals surface area contributed by atoms with Crippen molar-refractivity contribution < 1.29 is 4.79 Å². The molecule has 0 N–H and O–H groups in total. The van der Waals surface area contributed by atoms with Crippen LogP contribution in [0.4, 0.5) is 0 Å². The van der Waals surface area contributed by atoms with Crippen molar-refractivity contribution in [2.75, 3.05) is 7.05 Å². The fourth-order valence-corrected chi connectivity index (χ4v) is 2.64. The molecule has 1 amide bonds. The van der Waals surface area contributed by atoms with Gasteiger partial charge >= 0.3 is 0 Å². The van der Waals surface area contributed by atoms with Gasteiger partial charge in [-0.3, -0.25) is 4.79 Å². The minimum absolute atomic E-state index is 0.0141. The number of amides is 1. The van der Waals surface area contributed by atoms with Gasteiger partial charge in [0.2, 0.25) is 0 Å². The number of nitrogens with zero attached hydrogens (tertiary/aromatic N) is 3. The molecule has 1 unspecified atom stereocenters. The van der Waals surface area contributed by atoms with Crippen LogP contribution in [-0.4, -0.2) is 27.4 Å². The lowest BCUT2D eigenvalue weighted by Gasteiger charge is -2.25. The van der Waals surface area contributed by atoms with Crippen LogP contribution >= 0.6 is 0 Å². The second-order valence-electron chi connectivity index (χ2n) is 6.02. The van der Waals surface area contributed by atoms with E-state index >= 15 is 0 Å². The van der Waals surface area contributed by atoms with Gasteiger partial charge in [0, 0.05) is 30.7 Å². The number of carbonyl (C=O) groups is 1. The van der Waals surface area contributed by atoms with Gasteiger partial charge < -0.3 is 9.47 Å². The Morgan fingerprint density at radius 3 is 2.33 bits per heavy atom. The van der Waals surface area contributed by atoms with E-state index in [1.54, 1.807) is 17.4 Å². The van der Waals surface area contributed by atoms with E-state index in [-0.39, 0.29) is 11.9 Å². The Hall–Kier alpha value is -2.88. The lowest BCUT2D eigenvalue weighted by molar-refractivity contribution is 0.0742. The predicted octanol–water partition coefficient (Wildman–Crippen LogP) is 4.01. The molecule has 0 spiro atoms. The lowest BCUT2D eigenvalue weighted by atomic mass is 10.0. The summed E-state index contributed by atoms with van der Waals surface area (Å²) in [4.78, 5) is 18.5. The molecule has 3 aromatic rings. The van der Waals surface area contributed by atoms with Gasteiger partial charge in [0.25, 0.3) is 5.91 Å². The van der Waals surface area contributed by atoms with Crippen molar-refractivity contribution in [2.45, 2.75) is 19.9 Å². The highest BCUT2D eigenvalue weighted by atomic mass is 16.2. The van der Waals surface area contributed by atoms with Crippen molar-refractivity contribution in [3.05, 3.63) is 83.9 Å². The Morgan fingerprint density at radius 1 is 1.08 bits per heavy atom. The molecule has 0 fully saturated rings. The molecule has 0 saturated heterocycles. The van der Waals surface area contributed by atoms with E-state index in [0.717, 1.165) is 11.3 Å². The Balaban J connectivity index is 1.76. The van der Waals surface area contributed by atoms with Gasteiger partial charge in [-0.15, -0.1) is 0 Å². The largest absolute Gasteiger partial charge is 0.335 e. The fourth-order valence-electron chi connectivity index (χ4n) is 2.64. The van der Waals surface area contributed by atoms with Crippen molar-refractivity contribution in [2.24, 2.45) is 0 Å². The van der Waals surface area contributed by atoms with Gasteiger partial charge in [-0.1, -0.05) is 29.8 Å². The third kappa shape index (κ3) is 3.23.